The van der Waals surface area contributed by atoms with Crippen LogP contribution in [0.15, 0.2) is 24.3 Å². The summed E-state index contributed by atoms with van der Waals surface area (Å²) in [6.45, 7) is 1.42. The molecule has 0 spiro atoms. The Hall–Kier alpha value is -1.79. The molecule has 2 heterocycles. The van der Waals surface area contributed by atoms with Crippen molar-refractivity contribution in [1.29, 1.82) is 0 Å². The van der Waals surface area contributed by atoms with Gasteiger partial charge in [0.1, 0.15) is 5.75 Å². The maximum Gasteiger partial charge on any atom is 0.228 e. The first-order valence-electron chi connectivity index (χ1n) is 8.95. The number of hydrogen-bond acceptors (Lipinski definition) is 4. The Kier molecular flexibility index (Phi) is 6.89. The van der Waals surface area contributed by atoms with Crippen molar-refractivity contribution in [3.8, 4) is 5.75 Å². The van der Waals surface area contributed by atoms with Crippen LogP contribution in [0.4, 0.5) is 0 Å². The third-order valence-corrected chi connectivity index (χ3v) is 5.49. The molecule has 0 aliphatic carbocycles. The van der Waals surface area contributed by atoms with Crippen molar-refractivity contribution < 1.29 is 14.3 Å². The third-order valence-electron chi connectivity index (χ3n) is 5.49. The Labute approximate surface area is 161 Å². The van der Waals surface area contributed by atoms with Crippen molar-refractivity contribution in [2.75, 3.05) is 27.2 Å². The van der Waals surface area contributed by atoms with Crippen LogP contribution in [0.25, 0.3) is 0 Å². The standard InChI is InChI=1S/C19H27N3O3.ClH/c1-21-17(23)8-7-16(19(24)22-11-9-14(20)10-12-22)18(21)13-3-5-15(25-2)6-4-13;/h3-6,14,16,18H,7-12,20H2,1-2H3;1H. The number of rotatable bonds is 3. The summed E-state index contributed by atoms with van der Waals surface area (Å²) in [7, 11) is 3.42. The number of ether oxygens (including phenoxy) is 1. The fourth-order valence-electron chi connectivity index (χ4n) is 3.91. The van der Waals surface area contributed by atoms with E-state index in [4.69, 9.17) is 10.5 Å². The average Bonchev–Trinajstić information content (AvgIpc) is 2.64. The number of nitrogens with two attached hydrogens (primary N) is 1. The molecular formula is C19H28ClN3O3. The number of nitrogens with zero attached hydrogens (tertiary/aromatic N) is 2. The topological polar surface area (TPSA) is 75.9 Å². The van der Waals surface area contributed by atoms with Crippen LogP contribution in [0.3, 0.4) is 0 Å². The number of likely N-dealkylation sites (tertiary alicyclic amines) is 2. The molecule has 2 atom stereocenters. The lowest BCUT2D eigenvalue weighted by atomic mass is 9.83. The quantitative estimate of drug-likeness (QED) is 0.868. The van der Waals surface area contributed by atoms with E-state index in [1.807, 2.05) is 29.2 Å². The second-order valence-corrected chi connectivity index (χ2v) is 7.03. The number of amides is 2. The normalized spacial score (nSPS) is 24.2. The van der Waals surface area contributed by atoms with Gasteiger partial charge >= 0.3 is 0 Å². The van der Waals surface area contributed by atoms with E-state index in [9.17, 15) is 9.59 Å². The van der Waals surface area contributed by atoms with Crippen LogP contribution < -0.4 is 10.5 Å². The zero-order valence-electron chi connectivity index (χ0n) is 15.4. The zero-order valence-corrected chi connectivity index (χ0v) is 16.2. The molecule has 2 unspecified atom stereocenters. The second-order valence-electron chi connectivity index (χ2n) is 7.03. The molecule has 2 aliphatic heterocycles. The van der Waals surface area contributed by atoms with Crippen molar-refractivity contribution >= 4 is 24.2 Å². The highest BCUT2D eigenvalue weighted by Gasteiger charge is 2.41. The average molecular weight is 382 g/mol. The van der Waals surface area contributed by atoms with Gasteiger partial charge in [-0.2, -0.15) is 0 Å². The molecule has 2 aliphatic rings. The van der Waals surface area contributed by atoms with Crippen LogP contribution in [-0.4, -0.2) is 54.9 Å². The minimum absolute atomic E-state index is 0. The monoisotopic (exact) mass is 381 g/mol. The molecule has 1 aromatic rings. The Morgan fingerprint density at radius 1 is 1.15 bits per heavy atom. The maximum atomic E-state index is 13.1. The smallest absolute Gasteiger partial charge is 0.228 e. The first-order valence-corrected chi connectivity index (χ1v) is 8.95. The zero-order chi connectivity index (χ0) is 18.0. The first kappa shape index (κ1) is 20.5. The molecule has 6 nitrogen and oxygen atoms in total. The Bertz CT molecular complexity index is 629. The summed E-state index contributed by atoms with van der Waals surface area (Å²) < 4.78 is 5.22. The van der Waals surface area contributed by atoms with E-state index in [1.54, 1.807) is 19.1 Å². The van der Waals surface area contributed by atoms with E-state index in [1.165, 1.54) is 0 Å². The molecular weight excluding hydrogens is 354 g/mol. The lowest BCUT2D eigenvalue weighted by molar-refractivity contribution is -0.147. The van der Waals surface area contributed by atoms with Crippen LogP contribution in [-0.2, 0) is 9.59 Å². The largest absolute Gasteiger partial charge is 0.497 e. The fourth-order valence-corrected chi connectivity index (χ4v) is 3.91. The molecule has 0 aromatic heterocycles. The molecule has 0 saturated carbocycles. The lowest BCUT2D eigenvalue weighted by Gasteiger charge is -2.41. The first-order chi connectivity index (χ1) is 12.0. The van der Waals surface area contributed by atoms with Crippen LogP contribution in [0, 0.1) is 5.92 Å². The summed E-state index contributed by atoms with van der Waals surface area (Å²) in [5.74, 6) is 0.796. The fraction of sp³-hybridized carbons (Fsp3) is 0.579. The Balaban J connectivity index is 0.00000243. The van der Waals surface area contributed by atoms with Crippen molar-refractivity contribution in [2.24, 2.45) is 11.7 Å². The Morgan fingerprint density at radius 2 is 1.77 bits per heavy atom. The summed E-state index contributed by atoms with van der Waals surface area (Å²) in [5, 5.41) is 0. The molecule has 2 N–H and O–H groups in total. The minimum Gasteiger partial charge on any atom is -0.497 e. The van der Waals surface area contributed by atoms with Gasteiger partial charge in [0.15, 0.2) is 0 Å². The number of halogens is 1. The number of hydrogen-bond donors (Lipinski definition) is 1. The van der Waals surface area contributed by atoms with E-state index >= 15 is 0 Å². The molecule has 2 fully saturated rings. The van der Waals surface area contributed by atoms with Crippen molar-refractivity contribution in [2.45, 2.75) is 37.8 Å². The number of methoxy groups -OCH3 is 1. The van der Waals surface area contributed by atoms with Crippen LogP contribution in [0.1, 0.15) is 37.3 Å². The summed E-state index contributed by atoms with van der Waals surface area (Å²) >= 11 is 0. The molecule has 0 bridgehead atoms. The van der Waals surface area contributed by atoms with E-state index in [0.29, 0.717) is 25.9 Å². The van der Waals surface area contributed by atoms with Gasteiger partial charge in [0.2, 0.25) is 11.8 Å². The predicted octanol–water partition coefficient (Wildman–Crippen LogP) is 1.98. The van der Waals surface area contributed by atoms with Gasteiger partial charge in [-0.15, -0.1) is 12.4 Å². The molecule has 2 saturated heterocycles. The van der Waals surface area contributed by atoms with Gasteiger partial charge in [-0.3, -0.25) is 9.59 Å². The van der Waals surface area contributed by atoms with E-state index in [2.05, 4.69) is 0 Å². The molecule has 3 rings (SSSR count). The van der Waals surface area contributed by atoms with Crippen LogP contribution >= 0.6 is 12.4 Å². The van der Waals surface area contributed by atoms with Crippen LogP contribution in [0.5, 0.6) is 5.75 Å². The Morgan fingerprint density at radius 3 is 2.35 bits per heavy atom. The lowest BCUT2D eigenvalue weighted by Crippen LogP contribution is -2.50. The van der Waals surface area contributed by atoms with Gasteiger partial charge in [0.05, 0.1) is 19.1 Å². The van der Waals surface area contributed by atoms with Crippen molar-refractivity contribution in [3.05, 3.63) is 29.8 Å². The molecule has 7 heteroatoms. The maximum absolute atomic E-state index is 13.1. The van der Waals surface area contributed by atoms with Gasteiger partial charge in [0.25, 0.3) is 0 Å². The van der Waals surface area contributed by atoms with Crippen LogP contribution in [0.2, 0.25) is 0 Å². The van der Waals surface area contributed by atoms with E-state index in [0.717, 1.165) is 24.2 Å². The van der Waals surface area contributed by atoms with Gasteiger partial charge < -0.3 is 20.3 Å². The minimum atomic E-state index is -0.227. The highest BCUT2D eigenvalue weighted by molar-refractivity contribution is 5.85. The third kappa shape index (κ3) is 4.13. The molecule has 0 radical (unpaired) electrons. The second kappa shape index (κ2) is 8.73. The summed E-state index contributed by atoms with van der Waals surface area (Å²) in [5.41, 5.74) is 6.93. The van der Waals surface area contributed by atoms with E-state index in [-0.39, 0.29) is 42.2 Å². The molecule has 26 heavy (non-hydrogen) atoms. The highest BCUT2D eigenvalue weighted by Crippen LogP contribution is 2.37. The number of carbonyl (C=O) groups excluding carboxylic acids is 2. The van der Waals surface area contributed by atoms with Gasteiger partial charge in [-0.05, 0) is 37.0 Å². The van der Waals surface area contributed by atoms with Gasteiger partial charge in [-0.1, -0.05) is 12.1 Å². The number of benzene rings is 1. The van der Waals surface area contributed by atoms with Gasteiger partial charge in [-0.25, -0.2) is 0 Å². The van der Waals surface area contributed by atoms with Crippen molar-refractivity contribution in [3.63, 3.8) is 0 Å². The van der Waals surface area contributed by atoms with Crippen molar-refractivity contribution in [1.82, 2.24) is 9.80 Å². The summed E-state index contributed by atoms with van der Waals surface area (Å²) in [6, 6.07) is 7.62. The molecule has 2 amide bonds. The summed E-state index contributed by atoms with van der Waals surface area (Å²) in [6.07, 6.45) is 2.72. The van der Waals surface area contributed by atoms with Gasteiger partial charge in [0, 0.05) is 32.6 Å². The number of carbonyl (C=O) groups is 2. The molecule has 1 aromatic carbocycles. The predicted molar refractivity (Wildman–Crippen MR) is 102 cm³/mol. The number of piperidine rings is 2. The SMILES string of the molecule is COc1ccc(C2C(C(=O)N3CCC(N)CC3)CCC(=O)N2C)cc1.Cl. The van der Waals surface area contributed by atoms with E-state index < -0.39 is 0 Å². The summed E-state index contributed by atoms with van der Waals surface area (Å²) in [4.78, 5) is 29.0. The molecule has 144 valence electrons. The highest BCUT2D eigenvalue weighted by atomic mass is 35.5.